The highest BCUT2D eigenvalue weighted by Crippen LogP contribution is 2.11. The molecule has 76 valence electrons. The Hall–Kier alpha value is -1.16. The summed E-state index contributed by atoms with van der Waals surface area (Å²) in [6.07, 6.45) is 5.89. The first-order valence-electron chi connectivity index (χ1n) is 5.11. The van der Waals surface area contributed by atoms with Gasteiger partial charge in [0.2, 0.25) is 0 Å². The van der Waals surface area contributed by atoms with Crippen LogP contribution in [-0.2, 0) is 0 Å². The summed E-state index contributed by atoms with van der Waals surface area (Å²) in [5, 5.41) is 6.78. The predicted octanol–water partition coefficient (Wildman–Crippen LogP) is 0.949. The molecule has 1 saturated heterocycles. The van der Waals surface area contributed by atoms with Gasteiger partial charge in [-0.25, -0.2) is 4.98 Å². The number of hydrogen-bond donors (Lipinski definition) is 2. The molecule has 1 aliphatic heterocycles. The van der Waals surface area contributed by atoms with Crippen molar-refractivity contribution in [2.75, 3.05) is 18.4 Å². The molecule has 0 spiro atoms. The van der Waals surface area contributed by atoms with E-state index in [1.807, 2.05) is 6.92 Å². The molecule has 1 atom stereocenters. The normalized spacial score (nSPS) is 21.9. The lowest BCUT2D eigenvalue weighted by Crippen LogP contribution is -2.38. The van der Waals surface area contributed by atoms with Gasteiger partial charge in [0.05, 0.1) is 5.69 Å². The second-order valence-corrected chi connectivity index (χ2v) is 3.68. The fourth-order valence-electron chi connectivity index (χ4n) is 1.72. The van der Waals surface area contributed by atoms with Crippen LogP contribution >= 0.6 is 0 Å². The lowest BCUT2D eigenvalue weighted by atomic mass is 10.1. The summed E-state index contributed by atoms with van der Waals surface area (Å²) in [7, 11) is 0. The third-order valence-corrected chi connectivity index (χ3v) is 2.52. The Bertz CT molecular complexity index is 294. The Balaban J connectivity index is 1.99. The molecule has 1 fully saturated rings. The molecule has 1 aliphatic rings. The Kier molecular flexibility index (Phi) is 2.93. The van der Waals surface area contributed by atoms with Crippen molar-refractivity contribution < 1.29 is 0 Å². The minimum absolute atomic E-state index is 0.499. The maximum Gasteiger partial charge on any atom is 0.147 e. The average Bonchev–Trinajstić information content (AvgIpc) is 2.23. The van der Waals surface area contributed by atoms with E-state index >= 15 is 0 Å². The van der Waals surface area contributed by atoms with Crippen LogP contribution in [0.3, 0.4) is 0 Å². The van der Waals surface area contributed by atoms with E-state index in [2.05, 4.69) is 20.6 Å². The number of nitrogens with one attached hydrogen (secondary N) is 2. The zero-order valence-corrected chi connectivity index (χ0v) is 8.45. The smallest absolute Gasteiger partial charge is 0.147 e. The van der Waals surface area contributed by atoms with Gasteiger partial charge in [-0.1, -0.05) is 0 Å². The van der Waals surface area contributed by atoms with Gasteiger partial charge < -0.3 is 10.6 Å². The highest BCUT2D eigenvalue weighted by molar-refractivity contribution is 5.39. The summed E-state index contributed by atoms with van der Waals surface area (Å²) in [4.78, 5) is 8.47. The van der Waals surface area contributed by atoms with Gasteiger partial charge in [0.25, 0.3) is 0 Å². The molecule has 0 radical (unpaired) electrons. The fraction of sp³-hybridized carbons (Fsp3) is 0.600. The molecule has 0 bridgehead atoms. The minimum Gasteiger partial charge on any atom is -0.365 e. The van der Waals surface area contributed by atoms with Crippen LogP contribution in [0.1, 0.15) is 18.5 Å². The standard InChI is InChI=1S/C10H16N4/c1-8-10(13-6-5-12-8)14-9-3-2-4-11-7-9/h5-6,9,11H,2-4,7H2,1H3,(H,13,14)/t9-/m1/s1. The highest BCUT2D eigenvalue weighted by Gasteiger charge is 2.13. The van der Waals surface area contributed by atoms with Gasteiger partial charge in [-0.2, -0.15) is 0 Å². The Labute approximate surface area is 84.2 Å². The maximum absolute atomic E-state index is 4.27. The lowest BCUT2D eigenvalue weighted by molar-refractivity contribution is 0.478. The van der Waals surface area contributed by atoms with Crippen molar-refractivity contribution in [2.45, 2.75) is 25.8 Å². The van der Waals surface area contributed by atoms with Crippen LogP contribution in [0.2, 0.25) is 0 Å². The van der Waals surface area contributed by atoms with E-state index in [9.17, 15) is 0 Å². The molecular formula is C10H16N4. The number of anilines is 1. The molecule has 0 aromatic carbocycles. The molecule has 0 aliphatic carbocycles. The molecule has 4 nitrogen and oxygen atoms in total. The first kappa shape index (κ1) is 9.40. The Morgan fingerprint density at radius 3 is 3.00 bits per heavy atom. The van der Waals surface area contributed by atoms with E-state index in [-0.39, 0.29) is 0 Å². The van der Waals surface area contributed by atoms with Crippen molar-refractivity contribution in [1.29, 1.82) is 0 Å². The molecule has 0 saturated carbocycles. The largest absolute Gasteiger partial charge is 0.365 e. The second kappa shape index (κ2) is 4.37. The van der Waals surface area contributed by atoms with E-state index in [1.54, 1.807) is 12.4 Å². The van der Waals surface area contributed by atoms with Gasteiger partial charge in [0.1, 0.15) is 5.82 Å². The van der Waals surface area contributed by atoms with E-state index in [0.717, 1.165) is 24.6 Å². The van der Waals surface area contributed by atoms with Gasteiger partial charge >= 0.3 is 0 Å². The molecule has 1 aromatic rings. The molecule has 2 N–H and O–H groups in total. The number of hydrogen-bond acceptors (Lipinski definition) is 4. The Morgan fingerprint density at radius 2 is 2.29 bits per heavy atom. The zero-order chi connectivity index (χ0) is 9.80. The van der Waals surface area contributed by atoms with E-state index in [1.165, 1.54) is 12.8 Å². The number of aryl methyl sites for hydroxylation is 1. The van der Waals surface area contributed by atoms with E-state index in [0.29, 0.717) is 6.04 Å². The summed E-state index contributed by atoms with van der Waals surface area (Å²) < 4.78 is 0. The van der Waals surface area contributed by atoms with Crippen LogP contribution in [0.5, 0.6) is 0 Å². The summed E-state index contributed by atoms with van der Waals surface area (Å²) in [5.74, 6) is 0.918. The minimum atomic E-state index is 0.499. The number of nitrogens with zero attached hydrogens (tertiary/aromatic N) is 2. The maximum atomic E-state index is 4.27. The predicted molar refractivity (Wildman–Crippen MR) is 56.3 cm³/mol. The van der Waals surface area contributed by atoms with Gasteiger partial charge in [-0.3, -0.25) is 4.98 Å². The molecule has 1 aromatic heterocycles. The van der Waals surface area contributed by atoms with Crippen molar-refractivity contribution in [3.05, 3.63) is 18.1 Å². The van der Waals surface area contributed by atoms with Crippen molar-refractivity contribution in [1.82, 2.24) is 15.3 Å². The van der Waals surface area contributed by atoms with Gasteiger partial charge in [0, 0.05) is 25.0 Å². The van der Waals surface area contributed by atoms with E-state index < -0.39 is 0 Å². The first-order valence-corrected chi connectivity index (χ1v) is 5.11. The fourth-order valence-corrected chi connectivity index (χ4v) is 1.72. The molecule has 2 heterocycles. The molecule has 0 amide bonds. The van der Waals surface area contributed by atoms with Crippen LogP contribution in [-0.4, -0.2) is 29.1 Å². The molecule has 0 unspecified atom stereocenters. The van der Waals surface area contributed by atoms with Crippen LogP contribution in [0.4, 0.5) is 5.82 Å². The van der Waals surface area contributed by atoms with Crippen molar-refractivity contribution >= 4 is 5.82 Å². The third kappa shape index (κ3) is 2.20. The topological polar surface area (TPSA) is 49.8 Å². The van der Waals surface area contributed by atoms with Crippen LogP contribution in [0.25, 0.3) is 0 Å². The summed E-state index contributed by atoms with van der Waals surface area (Å²) in [5.41, 5.74) is 0.970. The number of rotatable bonds is 2. The van der Waals surface area contributed by atoms with E-state index in [4.69, 9.17) is 0 Å². The van der Waals surface area contributed by atoms with Crippen LogP contribution < -0.4 is 10.6 Å². The van der Waals surface area contributed by atoms with Gasteiger partial charge in [-0.05, 0) is 26.3 Å². The van der Waals surface area contributed by atoms with Crippen molar-refractivity contribution in [3.8, 4) is 0 Å². The third-order valence-electron chi connectivity index (χ3n) is 2.52. The lowest BCUT2D eigenvalue weighted by Gasteiger charge is -2.24. The monoisotopic (exact) mass is 192 g/mol. The second-order valence-electron chi connectivity index (χ2n) is 3.68. The first-order chi connectivity index (χ1) is 6.86. The quantitative estimate of drug-likeness (QED) is 0.732. The molecule has 2 rings (SSSR count). The van der Waals surface area contributed by atoms with Gasteiger partial charge in [0.15, 0.2) is 0 Å². The molecule has 14 heavy (non-hydrogen) atoms. The summed E-state index contributed by atoms with van der Waals surface area (Å²) >= 11 is 0. The average molecular weight is 192 g/mol. The summed E-state index contributed by atoms with van der Waals surface area (Å²) in [6.45, 7) is 4.14. The number of aromatic nitrogens is 2. The molecule has 4 heteroatoms. The van der Waals surface area contributed by atoms with Crippen LogP contribution in [0, 0.1) is 6.92 Å². The van der Waals surface area contributed by atoms with Crippen molar-refractivity contribution in [2.24, 2.45) is 0 Å². The van der Waals surface area contributed by atoms with Crippen LogP contribution in [0.15, 0.2) is 12.4 Å². The molecular weight excluding hydrogens is 176 g/mol. The summed E-state index contributed by atoms with van der Waals surface area (Å²) in [6, 6.07) is 0.499. The highest BCUT2D eigenvalue weighted by atomic mass is 15.1. The Morgan fingerprint density at radius 1 is 1.43 bits per heavy atom. The van der Waals surface area contributed by atoms with Gasteiger partial charge in [-0.15, -0.1) is 0 Å². The number of piperidine rings is 1. The SMILES string of the molecule is Cc1nccnc1N[C@@H]1CCCNC1. The van der Waals surface area contributed by atoms with Crippen molar-refractivity contribution in [3.63, 3.8) is 0 Å². The zero-order valence-electron chi connectivity index (χ0n) is 8.45.